The van der Waals surface area contributed by atoms with E-state index in [0.717, 1.165) is 0 Å². The first-order valence-electron chi connectivity index (χ1n) is 0. The molecule has 0 aliphatic rings. The molecule has 0 nitrogen and oxygen atoms in total. The fraction of sp³-hybridized carbons (Fsp3) is 0. The van der Waals surface area contributed by atoms with Gasteiger partial charge in [0, 0.05) is 19.5 Å². The van der Waals surface area contributed by atoms with E-state index in [4.69, 9.17) is 0 Å². The van der Waals surface area contributed by atoms with Gasteiger partial charge in [0.05, 0.1) is 0 Å². The molecule has 4 heavy (non-hydrogen) atoms. The third kappa shape index (κ3) is 9.76. The fourth-order valence-electron chi connectivity index (χ4n) is 0. The summed E-state index contributed by atoms with van der Waals surface area (Å²) in [5, 5.41) is 0. The van der Waals surface area contributed by atoms with E-state index in [1.165, 1.54) is 0 Å². The van der Waals surface area contributed by atoms with Crippen molar-refractivity contribution in [3.63, 3.8) is 0 Å². The molecule has 33 valence electrons. The largest absolute Gasteiger partial charge is 0.358 e. The molecule has 0 spiro atoms. The Hall–Kier alpha value is 1.48. The van der Waals surface area contributed by atoms with E-state index < -0.39 is 0 Å². The first-order chi connectivity index (χ1) is 0. The molecule has 0 aromatic heterocycles. The second-order valence-electron chi connectivity index (χ2n) is 0. The first-order valence-corrected chi connectivity index (χ1v) is 0. The smallest absolute Gasteiger partial charge is 0 e. The Kier molecular flexibility index (Phi) is 310. The molecular formula is CH9P2Rh-. The van der Waals surface area contributed by atoms with E-state index in [9.17, 15) is 0 Å². The summed E-state index contributed by atoms with van der Waals surface area (Å²) in [7, 11) is 0. The van der Waals surface area contributed by atoms with Gasteiger partial charge in [0.15, 0.2) is 0 Å². The first kappa shape index (κ1) is 50.1. The summed E-state index contributed by atoms with van der Waals surface area (Å²) in [6, 6.07) is 0. The molecule has 0 saturated carbocycles. The Bertz CT molecular complexity index is 6.00. The van der Waals surface area contributed by atoms with E-state index in [1.54, 1.807) is 0 Å². The zero-order valence-corrected chi connectivity index (χ0v) is 7.21. The molecule has 0 aliphatic carbocycles. The molecule has 0 amide bonds. The van der Waals surface area contributed by atoms with Gasteiger partial charge in [0.1, 0.15) is 0 Å². The predicted molar refractivity (Wildman–Crippen MR) is 28.6 cm³/mol. The Labute approximate surface area is 47.1 Å². The molecule has 0 aromatic rings. The summed E-state index contributed by atoms with van der Waals surface area (Å²) in [6.07, 6.45) is 0. The predicted octanol–water partition coefficient (Wildman–Crippen LogP) is 0.564. The van der Waals surface area contributed by atoms with Gasteiger partial charge < -0.3 is 7.43 Å². The second kappa shape index (κ2) is 24.7. The van der Waals surface area contributed by atoms with E-state index in [2.05, 4.69) is 0 Å². The molecule has 0 rings (SSSR count). The summed E-state index contributed by atoms with van der Waals surface area (Å²) in [4.78, 5) is 0. The van der Waals surface area contributed by atoms with E-state index in [0.29, 0.717) is 0 Å². The monoisotopic (exact) mass is 186 g/mol. The fourth-order valence-corrected chi connectivity index (χ4v) is 0. The Morgan fingerprint density at radius 1 is 0.750 bits per heavy atom. The average Bonchev–Trinajstić information content (AvgIpc) is 0. The van der Waals surface area contributed by atoms with Crippen molar-refractivity contribution < 1.29 is 19.5 Å². The van der Waals surface area contributed by atoms with Crippen LogP contribution in [0.3, 0.4) is 0 Å². The van der Waals surface area contributed by atoms with Crippen LogP contribution in [0.15, 0.2) is 0 Å². The van der Waals surface area contributed by atoms with Crippen LogP contribution in [0.2, 0.25) is 0 Å². The Morgan fingerprint density at radius 2 is 0.750 bits per heavy atom. The molecule has 1 radical (unpaired) electrons. The van der Waals surface area contributed by atoms with Gasteiger partial charge in [0.2, 0.25) is 0 Å². The van der Waals surface area contributed by atoms with Crippen molar-refractivity contribution in [2.24, 2.45) is 0 Å². The zero-order valence-electron chi connectivity index (χ0n) is 2.75. The Morgan fingerprint density at radius 3 is 0.750 bits per heavy atom. The van der Waals surface area contributed by atoms with Crippen LogP contribution in [-0.2, 0) is 19.5 Å². The van der Waals surface area contributed by atoms with Crippen LogP contribution in [0, 0.1) is 7.43 Å². The minimum Gasteiger partial charge on any atom is -0.358 e. The molecule has 0 heterocycles. The zero-order chi connectivity index (χ0) is 0. The molecule has 0 N–H and O–H groups in total. The van der Waals surface area contributed by atoms with Crippen molar-refractivity contribution in [3.05, 3.63) is 7.43 Å². The van der Waals surface area contributed by atoms with E-state index in [-0.39, 0.29) is 46.7 Å². The molecule has 2 atom stereocenters. The van der Waals surface area contributed by atoms with Crippen LogP contribution < -0.4 is 0 Å². The van der Waals surface area contributed by atoms with E-state index in [1.807, 2.05) is 0 Å². The summed E-state index contributed by atoms with van der Waals surface area (Å²) in [5.74, 6) is 0. The maximum atomic E-state index is 0. The standard InChI is InChI=1S/CH3.2H3P.Rh/h3*1H3;/q-1;;;. The summed E-state index contributed by atoms with van der Waals surface area (Å²) < 4.78 is 0. The van der Waals surface area contributed by atoms with Gasteiger partial charge in [-0.2, -0.15) is 19.8 Å². The third-order valence-electron chi connectivity index (χ3n) is 0. The summed E-state index contributed by atoms with van der Waals surface area (Å²) in [6.45, 7) is 0. The van der Waals surface area contributed by atoms with Gasteiger partial charge >= 0.3 is 0 Å². The molecular weight excluding hydrogens is 177 g/mol. The van der Waals surface area contributed by atoms with Crippen LogP contribution in [0.4, 0.5) is 0 Å². The molecule has 0 fully saturated rings. The van der Waals surface area contributed by atoms with Crippen molar-refractivity contribution in [2.75, 3.05) is 0 Å². The molecule has 0 saturated heterocycles. The SMILES string of the molecule is P.P.[CH3-].[Rh]. The Balaban J connectivity index is 0. The number of rotatable bonds is 0. The van der Waals surface area contributed by atoms with Gasteiger partial charge in [-0.1, -0.05) is 0 Å². The van der Waals surface area contributed by atoms with Crippen molar-refractivity contribution in [3.8, 4) is 0 Å². The maximum Gasteiger partial charge on any atom is 0 e. The molecule has 0 bridgehead atoms. The maximum absolute atomic E-state index is 0. The quantitative estimate of drug-likeness (QED) is 0.294. The van der Waals surface area contributed by atoms with Crippen LogP contribution in [0.25, 0.3) is 0 Å². The van der Waals surface area contributed by atoms with Crippen LogP contribution >= 0.6 is 19.8 Å². The van der Waals surface area contributed by atoms with Crippen molar-refractivity contribution in [1.29, 1.82) is 0 Å². The molecule has 0 aromatic carbocycles. The van der Waals surface area contributed by atoms with Gasteiger partial charge in [-0.05, 0) is 0 Å². The minimum atomic E-state index is 0. The second-order valence-corrected chi connectivity index (χ2v) is 0. The van der Waals surface area contributed by atoms with Crippen LogP contribution in [0.5, 0.6) is 0 Å². The van der Waals surface area contributed by atoms with Crippen LogP contribution in [0.1, 0.15) is 0 Å². The topological polar surface area (TPSA) is 0 Å². The summed E-state index contributed by atoms with van der Waals surface area (Å²) in [5.41, 5.74) is 0. The third-order valence-corrected chi connectivity index (χ3v) is 0. The average molecular weight is 186 g/mol. The van der Waals surface area contributed by atoms with Gasteiger partial charge in [0.25, 0.3) is 0 Å². The van der Waals surface area contributed by atoms with Crippen molar-refractivity contribution in [1.82, 2.24) is 0 Å². The summed E-state index contributed by atoms with van der Waals surface area (Å²) >= 11 is 0. The number of hydrogen-bond acceptors (Lipinski definition) is 0. The minimum absolute atomic E-state index is 0. The molecule has 3 heteroatoms. The van der Waals surface area contributed by atoms with Crippen LogP contribution in [-0.4, -0.2) is 0 Å². The normalized spacial score (nSPS) is 0. The van der Waals surface area contributed by atoms with Crippen molar-refractivity contribution >= 4 is 19.8 Å². The van der Waals surface area contributed by atoms with E-state index >= 15 is 0 Å². The number of hydrogen-bond donors (Lipinski definition) is 0. The van der Waals surface area contributed by atoms with Gasteiger partial charge in [-0.25, -0.2) is 0 Å². The molecule has 0 aliphatic heterocycles. The van der Waals surface area contributed by atoms with Gasteiger partial charge in [-0.15, -0.1) is 0 Å². The van der Waals surface area contributed by atoms with Crippen molar-refractivity contribution in [2.45, 2.75) is 0 Å². The molecule has 2 unspecified atom stereocenters. The van der Waals surface area contributed by atoms with Gasteiger partial charge in [-0.3, -0.25) is 0 Å².